The molecule has 0 saturated heterocycles. The Hall–Kier alpha value is -2.34. The van der Waals surface area contributed by atoms with Gasteiger partial charge in [0.15, 0.2) is 6.10 Å². The maximum absolute atomic E-state index is 12.2. The first-order valence-electron chi connectivity index (χ1n) is 6.83. The molecule has 116 valence electrons. The molecule has 0 bridgehead atoms. The summed E-state index contributed by atoms with van der Waals surface area (Å²) in [5.41, 5.74) is 0. The van der Waals surface area contributed by atoms with Crippen molar-refractivity contribution in [2.45, 2.75) is 25.5 Å². The van der Waals surface area contributed by atoms with Gasteiger partial charge in [-0.3, -0.25) is 9.59 Å². The van der Waals surface area contributed by atoms with Gasteiger partial charge in [-0.05, 0) is 30.5 Å². The van der Waals surface area contributed by atoms with E-state index >= 15 is 0 Å². The van der Waals surface area contributed by atoms with Crippen LogP contribution in [0.15, 0.2) is 47.8 Å². The van der Waals surface area contributed by atoms with Crippen LogP contribution in [0.5, 0.6) is 5.75 Å². The van der Waals surface area contributed by atoms with E-state index in [2.05, 4.69) is 5.32 Å². The lowest BCUT2D eigenvalue weighted by Crippen LogP contribution is -2.39. The highest BCUT2D eigenvalue weighted by Crippen LogP contribution is 2.22. The molecule has 0 radical (unpaired) electrons. The van der Waals surface area contributed by atoms with E-state index in [1.165, 1.54) is 11.3 Å². The van der Waals surface area contributed by atoms with Crippen LogP contribution >= 0.6 is 11.3 Å². The van der Waals surface area contributed by atoms with Crippen molar-refractivity contribution < 1.29 is 19.4 Å². The number of benzene rings is 1. The van der Waals surface area contributed by atoms with Gasteiger partial charge in [-0.2, -0.15) is 0 Å². The Bertz CT molecular complexity index is 612. The quantitative estimate of drug-likeness (QED) is 0.823. The molecule has 0 spiro atoms. The second-order valence-corrected chi connectivity index (χ2v) is 5.73. The van der Waals surface area contributed by atoms with E-state index in [4.69, 9.17) is 9.84 Å². The summed E-state index contributed by atoms with van der Waals surface area (Å²) in [5.74, 6) is -0.713. The number of nitrogens with one attached hydrogen (secondary N) is 1. The van der Waals surface area contributed by atoms with E-state index < -0.39 is 18.1 Å². The molecule has 2 N–H and O–H groups in total. The number of carboxylic acids is 1. The first-order valence-corrected chi connectivity index (χ1v) is 7.71. The molecule has 22 heavy (non-hydrogen) atoms. The fourth-order valence-corrected chi connectivity index (χ4v) is 2.71. The molecule has 1 aromatic heterocycles. The standard InChI is InChI=1S/C16H17NO4S/c1-11(21-12-6-3-2-4-7-12)16(20)17-13(10-15(18)19)14-8-5-9-22-14/h2-9,11,13H,10H2,1H3,(H,17,20)(H,18,19)/t11-,13-/m0/s1. The third-order valence-corrected chi connectivity index (χ3v) is 3.99. The molecular formula is C16H17NO4S. The smallest absolute Gasteiger partial charge is 0.305 e. The molecule has 2 aromatic rings. The second kappa shape index (κ2) is 7.61. The second-order valence-electron chi connectivity index (χ2n) is 4.75. The van der Waals surface area contributed by atoms with Gasteiger partial charge in [0.2, 0.25) is 0 Å². The van der Waals surface area contributed by atoms with E-state index in [1.807, 2.05) is 29.6 Å². The normalized spacial score (nSPS) is 13.1. The van der Waals surface area contributed by atoms with Crippen LogP contribution in [0.3, 0.4) is 0 Å². The molecule has 0 aliphatic carbocycles. The van der Waals surface area contributed by atoms with Crippen LogP contribution in [0, 0.1) is 0 Å². The summed E-state index contributed by atoms with van der Waals surface area (Å²) in [6.45, 7) is 1.63. The molecule has 6 heteroatoms. The minimum Gasteiger partial charge on any atom is -0.481 e. The van der Waals surface area contributed by atoms with Crippen LogP contribution in [0.25, 0.3) is 0 Å². The zero-order chi connectivity index (χ0) is 15.9. The number of carbonyl (C=O) groups is 2. The molecule has 5 nitrogen and oxygen atoms in total. The van der Waals surface area contributed by atoms with E-state index in [-0.39, 0.29) is 12.3 Å². The summed E-state index contributed by atoms with van der Waals surface area (Å²) in [5, 5.41) is 13.6. The van der Waals surface area contributed by atoms with E-state index in [1.54, 1.807) is 25.1 Å². The average Bonchev–Trinajstić information content (AvgIpc) is 3.01. The summed E-state index contributed by atoms with van der Waals surface area (Å²) in [7, 11) is 0. The first-order chi connectivity index (χ1) is 10.6. The van der Waals surface area contributed by atoms with Crippen LogP contribution in [-0.2, 0) is 9.59 Å². The lowest BCUT2D eigenvalue weighted by atomic mass is 10.1. The summed E-state index contributed by atoms with van der Waals surface area (Å²) in [6, 6.07) is 12.1. The zero-order valence-corrected chi connectivity index (χ0v) is 12.9. The Labute approximate surface area is 132 Å². The molecule has 0 fully saturated rings. The van der Waals surface area contributed by atoms with Gasteiger partial charge in [-0.25, -0.2) is 0 Å². The van der Waals surface area contributed by atoms with Gasteiger partial charge in [0.25, 0.3) is 5.91 Å². The lowest BCUT2D eigenvalue weighted by molar-refractivity contribution is -0.138. The maximum atomic E-state index is 12.2. The summed E-state index contributed by atoms with van der Waals surface area (Å²) < 4.78 is 5.54. The number of carboxylic acid groups (broad SMARTS) is 1. The minimum atomic E-state index is -0.963. The highest BCUT2D eigenvalue weighted by Gasteiger charge is 2.23. The Balaban J connectivity index is 1.99. The molecular weight excluding hydrogens is 302 g/mol. The third-order valence-electron chi connectivity index (χ3n) is 3.01. The van der Waals surface area contributed by atoms with Crippen LogP contribution in [-0.4, -0.2) is 23.1 Å². The van der Waals surface area contributed by atoms with Gasteiger partial charge in [0, 0.05) is 4.88 Å². The van der Waals surface area contributed by atoms with Gasteiger partial charge < -0.3 is 15.2 Å². The van der Waals surface area contributed by atoms with Crippen LogP contribution < -0.4 is 10.1 Å². The monoisotopic (exact) mass is 319 g/mol. The van der Waals surface area contributed by atoms with E-state index in [0.717, 1.165) is 4.88 Å². The van der Waals surface area contributed by atoms with Crippen LogP contribution in [0.2, 0.25) is 0 Å². The molecule has 1 aromatic carbocycles. The molecule has 0 aliphatic heterocycles. The molecule has 1 heterocycles. The molecule has 2 atom stereocenters. The predicted molar refractivity (Wildman–Crippen MR) is 84.0 cm³/mol. The van der Waals surface area contributed by atoms with Crippen LogP contribution in [0.1, 0.15) is 24.3 Å². The summed E-state index contributed by atoms with van der Waals surface area (Å²) in [4.78, 5) is 24.0. The average molecular weight is 319 g/mol. The highest BCUT2D eigenvalue weighted by molar-refractivity contribution is 7.10. The van der Waals surface area contributed by atoms with Gasteiger partial charge in [-0.15, -0.1) is 11.3 Å². The molecule has 0 unspecified atom stereocenters. The fraction of sp³-hybridized carbons (Fsp3) is 0.250. The Kier molecular flexibility index (Phi) is 5.55. The van der Waals surface area contributed by atoms with E-state index in [9.17, 15) is 9.59 Å². The number of hydrogen-bond acceptors (Lipinski definition) is 4. The number of carbonyl (C=O) groups excluding carboxylic acids is 1. The van der Waals surface area contributed by atoms with Crippen molar-refractivity contribution in [1.82, 2.24) is 5.32 Å². The lowest BCUT2D eigenvalue weighted by Gasteiger charge is -2.19. The highest BCUT2D eigenvalue weighted by atomic mass is 32.1. The Morgan fingerprint density at radius 2 is 1.95 bits per heavy atom. The van der Waals surface area contributed by atoms with Gasteiger partial charge >= 0.3 is 5.97 Å². The number of rotatable bonds is 7. The summed E-state index contributed by atoms with van der Waals surface area (Å²) >= 11 is 1.41. The number of ether oxygens (including phenoxy) is 1. The van der Waals surface area contributed by atoms with Crippen molar-refractivity contribution in [3.8, 4) is 5.75 Å². The van der Waals surface area contributed by atoms with E-state index in [0.29, 0.717) is 5.75 Å². The minimum absolute atomic E-state index is 0.162. The maximum Gasteiger partial charge on any atom is 0.305 e. The van der Waals surface area contributed by atoms with Crippen LogP contribution in [0.4, 0.5) is 0 Å². The van der Waals surface area contributed by atoms with Crippen molar-refractivity contribution in [1.29, 1.82) is 0 Å². The Morgan fingerprint density at radius 1 is 1.23 bits per heavy atom. The fourth-order valence-electron chi connectivity index (χ4n) is 1.93. The van der Waals surface area contributed by atoms with Crippen molar-refractivity contribution >= 4 is 23.2 Å². The molecule has 0 aliphatic rings. The third kappa shape index (κ3) is 4.60. The zero-order valence-electron chi connectivity index (χ0n) is 12.1. The molecule has 1 amide bonds. The SMILES string of the molecule is C[C@H](Oc1ccccc1)C(=O)N[C@@H](CC(=O)O)c1cccs1. The molecule has 0 saturated carbocycles. The van der Waals surface area contributed by atoms with Crippen molar-refractivity contribution in [3.63, 3.8) is 0 Å². The van der Waals surface area contributed by atoms with Crippen molar-refractivity contribution in [3.05, 3.63) is 52.7 Å². The largest absolute Gasteiger partial charge is 0.481 e. The van der Waals surface area contributed by atoms with Gasteiger partial charge in [0.1, 0.15) is 5.75 Å². The van der Waals surface area contributed by atoms with Crippen molar-refractivity contribution in [2.24, 2.45) is 0 Å². The number of thiophene rings is 1. The topological polar surface area (TPSA) is 75.6 Å². The van der Waals surface area contributed by atoms with Crippen molar-refractivity contribution in [2.75, 3.05) is 0 Å². The Morgan fingerprint density at radius 3 is 2.55 bits per heavy atom. The van der Waals surface area contributed by atoms with Gasteiger partial charge in [0.05, 0.1) is 12.5 Å². The summed E-state index contributed by atoms with van der Waals surface area (Å²) in [6.07, 6.45) is -0.872. The van der Waals surface area contributed by atoms with Gasteiger partial charge in [-0.1, -0.05) is 24.3 Å². The number of hydrogen-bond donors (Lipinski definition) is 2. The number of amides is 1. The number of aliphatic carboxylic acids is 1. The number of para-hydroxylation sites is 1. The molecule has 2 rings (SSSR count). The first kappa shape index (κ1) is 16.0. The predicted octanol–water partition coefficient (Wildman–Crippen LogP) is 2.85.